The molecule has 1 saturated carbocycles. The van der Waals surface area contributed by atoms with Crippen LogP contribution in [0.2, 0.25) is 0 Å². The normalized spacial score (nSPS) is 25.2. The number of halogens is 1. The minimum absolute atomic E-state index is 0.720. The molecule has 2 atom stereocenters. The first kappa shape index (κ1) is 12.2. The second-order valence-electron chi connectivity index (χ2n) is 4.71. The van der Waals surface area contributed by atoms with Crippen LogP contribution >= 0.6 is 15.9 Å². The zero-order chi connectivity index (χ0) is 11.5. The molecule has 1 aromatic rings. The second kappa shape index (κ2) is 5.35. The van der Waals surface area contributed by atoms with Gasteiger partial charge in [-0.1, -0.05) is 29.3 Å². The van der Waals surface area contributed by atoms with Gasteiger partial charge < -0.3 is 0 Å². The number of rotatable bonds is 4. The average molecular weight is 285 g/mol. The summed E-state index contributed by atoms with van der Waals surface area (Å²) in [6.07, 6.45) is 6.32. The van der Waals surface area contributed by atoms with Crippen molar-refractivity contribution in [1.29, 1.82) is 0 Å². The molecule has 0 aromatic carbocycles. The zero-order valence-corrected chi connectivity index (χ0v) is 11.8. The molecule has 0 bridgehead atoms. The van der Waals surface area contributed by atoms with E-state index in [1.54, 1.807) is 0 Å². The standard InChI is InChI=1S/C13H21BrN2/c1-3-11-9-12(16(4-2)15-11)8-10-6-5-7-13(10)14/h9-10,13H,3-8H2,1-2H3. The maximum Gasteiger partial charge on any atom is 0.0624 e. The Bertz CT molecular complexity index is 346. The van der Waals surface area contributed by atoms with Gasteiger partial charge in [-0.25, -0.2) is 0 Å². The molecule has 0 N–H and O–H groups in total. The van der Waals surface area contributed by atoms with Gasteiger partial charge >= 0.3 is 0 Å². The third-order valence-electron chi connectivity index (χ3n) is 3.61. The Kier molecular flexibility index (Phi) is 4.06. The molecule has 1 heterocycles. The van der Waals surface area contributed by atoms with E-state index in [0.717, 1.165) is 23.7 Å². The van der Waals surface area contributed by atoms with Crippen LogP contribution in [0.5, 0.6) is 0 Å². The van der Waals surface area contributed by atoms with Crippen LogP contribution < -0.4 is 0 Å². The highest BCUT2D eigenvalue weighted by Crippen LogP contribution is 2.34. The van der Waals surface area contributed by atoms with Crippen molar-refractivity contribution in [1.82, 2.24) is 9.78 Å². The number of aromatic nitrogens is 2. The third kappa shape index (κ3) is 2.50. The lowest BCUT2D eigenvalue weighted by molar-refractivity contribution is 0.518. The van der Waals surface area contributed by atoms with E-state index < -0.39 is 0 Å². The summed E-state index contributed by atoms with van der Waals surface area (Å²) in [5, 5.41) is 4.62. The summed E-state index contributed by atoms with van der Waals surface area (Å²) in [4.78, 5) is 0.720. The molecule has 3 heteroatoms. The molecule has 1 aliphatic rings. The van der Waals surface area contributed by atoms with Gasteiger partial charge in [-0.05, 0) is 44.6 Å². The van der Waals surface area contributed by atoms with Crippen molar-refractivity contribution in [2.45, 2.75) is 57.3 Å². The number of aryl methyl sites for hydroxylation is 2. The Morgan fingerprint density at radius 2 is 2.25 bits per heavy atom. The van der Waals surface area contributed by atoms with E-state index in [0.29, 0.717) is 0 Å². The molecule has 16 heavy (non-hydrogen) atoms. The quantitative estimate of drug-likeness (QED) is 0.773. The molecule has 0 spiro atoms. The zero-order valence-electron chi connectivity index (χ0n) is 10.2. The molecule has 0 radical (unpaired) electrons. The largest absolute Gasteiger partial charge is 0.270 e. The van der Waals surface area contributed by atoms with Crippen LogP contribution in [-0.4, -0.2) is 14.6 Å². The highest BCUT2D eigenvalue weighted by molar-refractivity contribution is 9.09. The van der Waals surface area contributed by atoms with E-state index >= 15 is 0 Å². The molecule has 2 rings (SSSR count). The van der Waals surface area contributed by atoms with Crippen molar-refractivity contribution in [3.05, 3.63) is 17.5 Å². The van der Waals surface area contributed by atoms with Crippen LogP contribution in [0.4, 0.5) is 0 Å². The van der Waals surface area contributed by atoms with E-state index in [-0.39, 0.29) is 0 Å². The summed E-state index contributed by atoms with van der Waals surface area (Å²) in [5.41, 5.74) is 2.66. The van der Waals surface area contributed by atoms with Gasteiger partial charge in [0.2, 0.25) is 0 Å². The molecule has 1 aliphatic carbocycles. The van der Waals surface area contributed by atoms with Gasteiger partial charge in [-0.3, -0.25) is 4.68 Å². The summed E-state index contributed by atoms with van der Waals surface area (Å²) >= 11 is 3.80. The van der Waals surface area contributed by atoms with Crippen LogP contribution in [0.1, 0.15) is 44.5 Å². The van der Waals surface area contributed by atoms with Gasteiger partial charge in [0.05, 0.1) is 5.69 Å². The maximum absolute atomic E-state index is 4.62. The molecular weight excluding hydrogens is 264 g/mol. The lowest BCUT2D eigenvalue weighted by atomic mass is 10.0. The first-order valence-electron chi connectivity index (χ1n) is 6.44. The fraction of sp³-hybridized carbons (Fsp3) is 0.769. The monoisotopic (exact) mass is 284 g/mol. The third-order valence-corrected chi connectivity index (χ3v) is 4.82. The van der Waals surface area contributed by atoms with Gasteiger partial charge in [-0.2, -0.15) is 5.10 Å². The van der Waals surface area contributed by atoms with Gasteiger partial charge in [0.1, 0.15) is 0 Å². The molecule has 1 fully saturated rings. The Morgan fingerprint density at radius 1 is 1.44 bits per heavy atom. The van der Waals surface area contributed by atoms with Gasteiger partial charge in [0, 0.05) is 17.1 Å². The molecular formula is C13H21BrN2. The van der Waals surface area contributed by atoms with E-state index in [9.17, 15) is 0 Å². The summed E-state index contributed by atoms with van der Waals surface area (Å²) in [6.45, 7) is 5.35. The van der Waals surface area contributed by atoms with E-state index in [1.807, 2.05) is 0 Å². The Balaban J connectivity index is 2.10. The lowest BCUT2D eigenvalue weighted by Crippen LogP contribution is -2.13. The summed E-state index contributed by atoms with van der Waals surface area (Å²) in [6, 6.07) is 2.29. The Morgan fingerprint density at radius 3 is 2.81 bits per heavy atom. The number of alkyl halides is 1. The fourth-order valence-corrected chi connectivity index (χ4v) is 3.39. The first-order chi connectivity index (χ1) is 7.74. The SMILES string of the molecule is CCc1cc(CC2CCCC2Br)n(CC)n1. The van der Waals surface area contributed by atoms with Crippen molar-refractivity contribution in [2.24, 2.45) is 5.92 Å². The smallest absolute Gasteiger partial charge is 0.0624 e. The molecule has 2 nitrogen and oxygen atoms in total. The highest BCUT2D eigenvalue weighted by atomic mass is 79.9. The number of nitrogens with zero attached hydrogens (tertiary/aromatic N) is 2. The van der Waals surface area contributed by atoms with E-state index in [1.165, 1.54) is 37.1 Å². The fourth-order valence-electron chi connectivity index (χ4n) is 2.62. The van der Waals surface area contributed by atoms with Crippen molar-refractivity contribution >= 4 is 15.9 Å². The van der Waals surface area contributed by atoms with Crippen molar-refractivity contribution in [2.75, 3.05) is 0 Å². The molecule has 0 saturated heterocycles. The predicted octanol–water partition coefficient (Wildman–Crippen LogP) is 3.57. The van der Waals surface area contributed by atoms with Crippen molar-refractivity contribution < 1.29 is 0 Å². The molecule has 2 unspecified atom stereocenters. The topological polar surface area (TPSA) is 17.8 Å². The van der Waals surface area contributed by atoms with Crippen molar-refractivity contribution in [3.8, 4) is 0 Å². The van der Waals surface area contributed by atoms with Crippen LogP contribution in [-0.2, 0) is 19.4 Å². The van der Waals surface area contributed by atoms with Gasteiger partial charge in [-0.15, -0.1) is 0 Å². The van der Waals surface area contributed by atoms with Crippen LogP contribution in [0, 0.1) is 5.92 Å². The highest BCUT2D eigenvalue weighted by Gasteiger charge is 2.26. The minimum Gasteiger partial charge on any atom is -0.270 e. The summed E-state index contributed by atoms with van der Waals surface area (Å²) < 4.78 is 2.18. The Hall–Kier alpha value is -0.310. The summed E-state index contributed by atoms with van der Waals surface area (Å²) in [5.74, 6) is 0.812. The maximum atomic E-state index is 4.62. The van der Waals surface area contributed by atoms with Crippen LogP contribution in [0.25, 0.3) is 0 Å². The van der Waals surface area contributed by atoms with E-state index in [4.69, 9.17) is 0 Å². The molecule has 0 amide bonds. The summed E-state index contributed by atoms with van der Waals surface area (Å²) in [7, 11) is 0. The minimum atomic E-state index is 0.720. The predicted molar refractivity (Wildman–Crippen MR) is 71.0 cm³/mol. The molecule has 1 aromatic heterocycles. The average Bonchev–Trinajstić information content (AvgIpc) is 2.86. The lowest BCUT2D eigenvalue weighted by Gasteiger charge is -2.14. The van der Waals surface area contributed by atoms with Crippen LogP contribution in [0.3, 0.4) is 0 Å². The van der Waals surface area contributed by atoms with Crippen molar-refractivity contribution in [3.63, 3.8) is 0 Å². The van der Waals surface area contributed by atoms with E-state index in [2.05, 4.69) is 45.6 Å². The first-order valence-corrected chi connectivity index (χ1v) is 7.35. The number of hydrogen-bond acceptors (Lipinski definition) is 1. The number of hydrogen-bond donors (Lipinski definition) is 0. The van der Waals surface area contributed by atoms with Crippen LogP contribution in [0.15, 0.2) is 6.07 Å². The van der Waals surface area contributed by atoms with Gasteiger partial charge in [0.25, 0.3) is 0 Å². The second-order valence-corrected chi connectivity index (χ2v) is 5.88. The Labute approximate surface area is 107 Å². The molecule has 0 aliphatic heterocycles. The van der Waals surface area contributed by atoms with Gasteiger partial charge in [0.15, 0.2) is 0 Å². The molecule has 90 valence electrons.